The molecule has 0 atom stereocenters. The van der Waals surface area contributed by atoms with Gasteiger partial charge in [-0.15, -0.1) is 0 Å². The zero-order valence-electron chi connectivity index (χ0n) is 11.5. The molecule has 0 aromatic rings. The maximum absolute atomic E-state index is 12.5. The highest BCUT2D eigenvalue weighted by Crippen LogP contribution is 2.32. The van der Waals surface area contributed by atoms with Gasteiger partial charge in [0.1, 0.15) is 0 Å². The molecule has 2 rings (SSSR count). The molecule has 18 heavy (non-hydrogen) atoms. The topological polar surface area (TPSA) is 37.4 Å². The first-order valence-electron chi connectivity index (χ1n) is 6.67. The van der Waals surface area contributed by atoms with Gasteiger partial charge in [0.25, 0.3) is 0 Å². The molecule has 1 aliphatic heterocycles. The van der Waals surface area contributed by atoms with Crippen molar-refractivity contribution < 1.29 is 9.59 Å². The number of allylic oxidation sites excluding steroid dienone is 3. The molecule has 98 valence electrons. The number of likely N-dealkylation sites (tertiary alicyclic amines) is 1. The smallest absolute Gasteiger partial charge is 0.205 e. The van der Waals surface area contributed by atoms with Crippen LogP contribution in [0.25, 0.3) is 0 Å². The van der Waals surface area contributed by atoms with Crippen molar-refractivity contribution in [1.29, 1.82) is 0 Å². The summed E-state index contributed by atoms with van der Waals surface area (Å²) in [5.74, 6) is -0.0240. The van der Waals surface area contributed by atoms with E-state index in [1.54, 1.807) is 0 Å². The van der Waals surface area contributed by atoms with Crippen LogP contribution in [0.15, 0.2) is 23.4 Å². The number of carbonyl (C=O) groups is 2. The van der Waals surface area contributed by atoms with Gasteiger partial charge >= 0.3 is 0 Å². The molecule has 1 heterocycles. The van der Waals surface area contributed by atoms with Crippen LogP contribution in [0.3, 0.4) is 0 Å². The van der Waals surface area contributed by atoms with Crippen molar-refractivity contribution in [2.24, 2.45) is 5.41 Å². The summed E-state index contributed by atoms with van der Waals surface area (Å²) in [6, 6.07) is 0. The second kappa shape index (κ2) is 4.71. The molecule has 1 saturated heterocycles. The van der Waals surface area contributed by atoms with Gasteiger partial charge in [-0.3, -0.25) is 9.59 Å². The summed E-state index contributed by atoms with van der Waals surface area (Å²) < 4.78 is 0. The molecule has 0 radical (unpaired) electrons. The summed E-state index contributed by atoms with van der Waals surface area (Å²) in [6.45, 7) is 7.71. The number of piperidine rings is 1. The molecule has 3 nitrogen and oxygen atoms in total. The molecule has 0 aromatic carbocycles. The molecule has 1 fully saturated rings. The van der Waals surface area contributed by atoms with E-state index in [0.717, 1.165) is 25.9 Å². The lowest BCUT2D eigenvalue weighted by atomic mass is 9.80. The third kappa shape index (κ3) is 2.55. The summed E-state index contributed by atoms with van der Waals surface area (Å²) in [4.78, 5) is 26.3. The fourth-order valence-electron chi connectivity index (χ4n) is 2.51. The van der Waals surface area contributed by atoms with Crippen LogP contribution in [0.2, 0.25) is 0 Å². The van der Waals surface area contributed by atoms with Gasteiger partial charge in [-0.1, -0.05) is 20.8 Å². The number of Topliss-reactive ketones (excluding diaryl/α,β-unsaturated/α-hetero) is 1. The average molecular weight is 247 g/mol. The van der Waals surface area contributed by atoms with Gasteiger partial charge in [-0.25, -0.2) is 0 Å². The first-order valence-corrected chi connectivity index (χ1v) is 6.67. The van der Waals surface area contributed by atoms with Crippen molar-refractivity contribution in [2.45, 2.75) is 40.0 Å². The molecule has 3 heteroatoms. The Bertz CT molecular complexity index is 432. The Balaban J connectivity index is 2.27. The SMILES string of the molecule is CC(C)(C)C1=CC(=O)C=C(N2CCCCC2)C1=O. The molecule has 0 bridgehead atoms. The highest BCUT2D eigenvalue weighted by molar-refractivity contribution is 6.20. The van der Waals surface area contributed by atoms with Crippen LogP contribution in [-0.2, 0) is 9.59 Å². The van der Waals surface area contributed by atoms with Crippen LogP contribution < -0.4 is 0 Å². The predicted molar refractivity (Wildman–Crippen MR) is 71.1 cm³/mol. The molecule has 0 amide bonds. The van der Waals surface area contributed by atoms with Crippen molar-refractivity contribution >= 4 is 11.6 Å². The number of hydrogen-bond donors (Lipinski definition) is 0. The lowest BCUT2D eigenvalue weighted by Crippen LogP contribution is -2.37. The van der Waals surface area contributed by atoms with E-state index in [-0.39, 0.29) is 17.0 Å². The van der Waals surface area contributed by atoms with Crippen molar-refractivity contribution in [3.8, 4) is 0 Å². The number of carbonyl (C=O) groups excluding carboxylic acids is 2. The largest absolute Gasteiger partial charge is 0.368 e. The van der Waals surface area contributed by atoms with Gasteiger partial charge in [-0.2, -0.15) is 0 Å². The Labute approximate surface area is 109 Å². The molecule has 1 aliphatic carbocycles. The van der Waals surface area contributed by atoms with E-state index in [9.17, 15) is 9.59 Å². The van der Waals surface area contributed by atoms with Crippen LogP contribution in [0.1, 0.15) is 40.0 Å². The van der Waals surface area contributed by atoms with E-state index in [1.807, 2.05) is 20.8 Å². The summed E-state index contributed by atoms with van der Waals surface area (Å²) in [6.07, 6.45) is 6.42. The van der Waals surface area contributed by atoms with E-state index in [2.05, 4.69) is 4.90 Å². The van der Waals surface area contributed by atoms with Gasteiger partial charge in [-0.05, 0) is 30.8 Å². The minimum Gasteiger partial charge on any atom is -0.368 e. The average Bonchev–Trinajstić information content (AvgIpc) is 2.31. The summed E-state index contributed by atoms with van der Waals surface area (Å²) in [5.41, 5.74) is 0.963. The van der Waals surface area contributed by atoms with Crippen LogP contribution in [-0.4, -0.2) is 29.6 Å². The lowest BCUT2D eigenvalue weighted by Gasteiger charge is -2.33. The van der Waals surface area contributed by atoms with Gasteiger partial charge in [0, 0.05) is 24.7 Å². The lowest BCUT2D eigenvalue weighted by molar-refractivity contribution is -0.117. The second-order valence-corrected chi connectivity index (χ2v) is 6.12. The fraction of sp³-hybridized carbons (Fsp3) is 0.600. The molecule has 0 N–H and O–H groups in total. The van der Waals surface area contributed by atoms with E-state index in [1.165, 1.54) is 18.6 Å². The molecule has 0 saturated carbocycles. The highest BCUT2D eigenvalue weighted by atomic mass is 16.1. The normalized spacial score (nSPS) is 21.8. The van der Waals surface area contributed by atoms with Gasteiger partial charge in [0.15, 0.2) is 5.78 Å². The quantitative estimate of drug-likeness (QED) is 0.668. The first kappa shape index (κ1) is 13.1. The molecule has 2 aliphatic rings. The van der Waals surface area contributed by atoms with E-state index in [4.69, 9.17) is 0 Å². The van der Waals surface area contributed by atoms with Crippen molar-refractivity contribution in [2.75, 3.05) is 13.1 Å². The third-order valence-electron chi connectivity index (χ3n) is 3.55. The second-order valence-electron chi connectivity index (χ2n) is 6.12. The Kier molecular flexibility index (Phi) is 3.42. The highest BCUT2D eigenvalue weighted by Gasteiger charge is 2.32. The first-order chi connectivity index (χ1) is 8.39. The molecule has 0 unspecified atom stereocenters. The third-order valence-corrected chi connectivity index (χ3v) is 3.55. The molecule has 0 spiro atoms. The zero-order chi connectivity index (χ0) is 13.3. The Hall–Kier alpha value is -1.38. The number of ketones is 2. The van der Waals surface area contributed by atoms with Crippen LogP contribution in [0, 0.1) is 5.41 Å². The van der Waals surface area contributed by atoms with E-state index < -0.39 is 0 Å². The van der Waals surface area contributed by atoms with Crippen molar-refractivity contribution in [3.63, 3.8) is 0 Å². The Morgan fingerprint density at radius 1 is 1.00 bits per heavy atom. The monoisotopic (exact) mass is 247 g/mol. The Morgan fingerprint density at radius 2 is 1.61 bits per heavy atom. The summed E-state index contributed by atoms with van der Waals surface area (Å²) in [5, 5.41) is 0. The standard InChI is InChI=1S/C15H21NO2/c1-15(2,3)12-9-11(17)10-13(14(12)18)16-7-5-4-6-8-16/h9-10H,4-8H2,1-3H3. The molecular weight excluding hydrogens is 226 g/mol. The number of hydrogen-bond acceptors (Lipinski definition) is 3. The van der Waals surface area contributed by atoms with Gasteiger partial charge in [0.05, 0.1) is 5.70 Å². The van der Waals surface area contributed by atoms with E-state index in [0.29, 0.717) is 11.3 Å². The number of rotatable bonds is 1. The van der Waals surface area contributed by atoms with Gasteiger partial charge < -0.3 is 4.90 Å². The van der Waals surface area contributed by atoms with Crippen molar-refractivity contribution in [1.82, 2.24) is 4.90 Å². The summed E-state index contributed by atoms with van der Waals surface area (Å²) in [7, 11) is 0. The van der Waals surface area contributed by atoms with Crippen LogP contribution >= 0.6 is 0 Å². The van der Waals surface area contributed by atoms with Crippen LogP contribution in [0.5, 0.6) is 0 Å². The Morgan fingerprint density at radius 3 is 2.17 bits per heavy atom. The minimum absolute atomic E-state index is 0.0315. The minimum atomic E-state index is -0.276. The number of nitrogens with zero attached hydrogens (tertiary/aromatic N) is 1. The van der Waals surface area contributed by atoms with Crippen molar-refractivity contribution in [3.05, 3.63) is 23.4 Å². The maximum atomic E-state index is 12.5. The van der Waals surface area contributed by atoms with Gasteiger partial charge in [0.2, 0.25) is 5.78 Å². The van der Waals surface area contributed by atoms with E-state index >= 15 is 0 Å². The zero-order valence-corrected chi connectivity index (χ0v) is 11.5. The fourth-order valence-corrected chi connectivity index (χ4v) is 2.51. The molecular formula is C15H21NO2. The molecule has 0 aromatic heterocycles. The predicted octanol–water partition coefficient (Wildman–Crippen LogP) is 2.48. The maximum Gasteiger partial charge on any atom is 0.205 e. The van der Waals surface area contributed by atoms with Crippen LogP contribution in [0.4, 0.5) is 0 Å². The summed E-state index contributed by atoms with van der Waals surface area (Å²) >= 11 is 0.